The van der Waals surface area contributed by atoms with Crippen LogP contribution in [0.5, 0.6) is 0 Å². The zero-order chi connectivity index (χ0) is 15.7. The summed E-state index contributed by atoms with van der Waals surface area (Å²) in [7, 11) is 2.10. The van der Waals surface area contributed by atoms with Crippen LogP contribution < -0.4 is 0 Å². The van der Waals surface area contributed by atoms with Crippen molar-refractivity contribution in [3.63, 3.8) is 0 Å². The zero-order valence-corrected chi connectivity index (χ0v) is 14.3. The molecular formula is C16H36N2O2. The number of hydrogen-bond donors (Lipinski definition) is 2. The molecule has 2 atom stereocenters. The minimum Gasteiger partial charge on any atom is -0.395 e. The smallest absolute Gasteiger partial charge is 0.0730 e. The Morgan fingerprint density at radius 1 is 1.00 bits per heavy atom. The molecule has 0 spiro atoms. The Bertz CT molecular complexity index is 227. The summed E-state index contributed by atoms with van der Waals surface area (Å²) in [5.41, 5.74) is 0. The molecular weight excluding hydrogens is 252 g/mol. The van der Waals surface area contributed by atoms with E-state index in [1.165, 1.54) is 12.8 Å². The number of rotatable bonds is 11. The van der Waals surface area contributed by atoms with E-state index in [1.54, 1.807) is 0 Å². The molecule has 0 rings (SSSR count). The Balaban J connectivity index is 4.42. The highest BCUT2D eigenvalue weighted by Gasteiger charge is 2.29. The summed E-state index contributed by atoms with van der Waals surface area (Å²) in [6, 6.07) is 0.466. The molecule has 0 aliphatic heterocycles. The van der Waals surface area contributed by atoms with Gasteiger partial charge in [0.25, 0.3) is 0 Å². The Morgan fingerprint density at radius 2 is 1.55 bits per heavy atom. The Morgan fingerprint density at radius 3 is 1.95 bits per heavy atom. The van der Waals surface area contributed by atoms with Crippen LogP contribution in [0.1, 0.15) is 53.9 Å². The van der Waals surface area contributed by atoms with Crippen molar-refractivity contribution < 1.29 is 10.2 Å². The largest absolute Gasteiger partial charge is 0.395 e. The van der Waals surface area contributed by atoms with Crippen molar-refractivity contribution in [3.05, 3.63) is 0 Å². The third kappa shape index (κ3) is 7.02. The maximum absolute atomic E-state index is 10.4. The van der Waals surface area contributed by atoms with Crippen molar-refractivity contribution in [2.45, 2.75) is 78.1 Å². The molecule has 0 amide bonds. The maximum Gasteiger partial charge on any atom is 0.0730 e. The van der Waals surface area contributed by atoms with Crippen molar-refractivity contribution in [1.29, 1.82) is 0 Å². The van der Waals surface area contributed by atoms with Crippen molar-refractivity contribution in [1.82, 2.24) is 9.80 Å². The van der Waals surface area contributed by atoms with Crippen LogP contribution in [0.2, 0.25) is 0 Å². The maximum atomic E-state index is 10.4. The van der Waals surface area contributed by atoms with Crippen molar-refractivity contribution in [2.24, 2.45) is 0 Å². The molecule has 0 aromatic rings. The average molecular weight is 288 g/mol. The molecule has 0 heterocycles. The van der Waals surface area contributed by atoms with Crippen LogP contribution in [0.25, 0.3) is 0 Å². The molecule has 2 N–H and O–H groups in total. The molecule has 0 saturated heterocycles. The van der Waals surface area contributed by atoms with E-state index in [2.05, 4.69) is 51.5 Å². The van der Waals surface area contributed by atoms with Crippen LogP contribution in [-0.4, -0.2) is 71.0 Å². The van der Waals surface area contributed by atoms with Gasteiger partial charge in [-0.1, -0.05) is 13.3 Å². The van der Waals surface area contributed by atoms with Crippen LogP contribution in [0, 0.1) is 0 Å². The third-order valence-corrected chi connectivity index (χ3v) is 3.91. The van der Waals surface area contributed by atoms with Crippen LogP contribution in [-0.2, 0) is 0 Å². The van der Waals surface area contributed by atoms with Crippen molar-refractivity contribution in [2.75, 3.05) is 26.7 Å². The molecule has 0 aliphatic rings. The summed E-state index contributed by atoms with van der Waals surface area (Å²) in [5.74, 6) is 0. The van der Waals surface area contributed by atoms with E-state index in [0.717, 1.165) is 13.1 Å². The third-order valence-electron chi connectivity index (χ3n) is 3.91. The summed E-state index contributed by atoms with van der Waals surface area (Å²) in [6.07, 6.45) is 2.62. The normalized spacial score (nSPS) is 15.6. The fraction of sp³-hybridized carbons (Fsp3) is 1.00. The minimum absolute atomic E-state index is 0.0101. The van der Waals surface area contributed by atoms with E-state index in [-0.39, 0.29) is 12.6 Å². The van der Waals surface area contributed by atoms with Crippen LogP contribution in [0.15, 0.2) is 0 Å². The van der Waals surface area contributed by atoms with Gasteiger partial charge in [0.1, 0.15) is 0 Å². The monoisotopic (exact) mass is 288 g/mol. The lowest BCUT2D eigenvalue weighted by Gasteiger charge is -2.40. The summed E-state index contributed by atoms with van der Waals surface area (Å²) in [4.78, 5) is 4.47. The molecule has 0 bridgehead atoms. The molecule has 0 radical (unpaired) electrons. The highest BCUT2D eigenvalue weighted by atomic mass is 16.3. The van der Waals surface area contributed by atoms with Gasteiger partial charge < -0.3 is 15.1 Å². The molecule has 0 saturated carbocycles. The van der Waals surface area contributed by atoms with Crippen LogP contribution in [0.4, 0.5) is 0 Å². The van der Waals surface area contributed by atoms with Gasteiger partial charge in [-0.05, 0) is 54.1 Å². The molecule has 0 aliphatic carbocycles. The van der Waals surface area contributed by atoms with E-state index >= 15 is 0 Å². The fourth-order valence-corrected chi connectivity index (χ4v) is 2.86. The topological polar surface area (TPSA) is 46.9 Å². The van der Waals surface area contributed by atoms with Gasteiger partial charge in [-0.3, -0.25) is 4.90 Å². The second kappa shape index (κ2) is 10.6. The van der Waals surface area contributed by atoms with Crippen molar-refractivity contribution in [3.8, 4) is 0 Å². The predicted octanol–water partition coefficient (Wildman–Crippen LogP) is 1.95. The number of nitrogens with zero attached hydrogens (tertiary/aromatic N) is 2. The Hall–Kier alpha value is -0.160. The first-order valence-electron chi connectivity index (χ1n) is 8.10. The SMILES string of the molecule is CCCCN(C)CCC(O)C(CO)N(C(C)C)C(C)C. The highest BCUT2D eigenvalue weighted by molar-refractivity contribution is 4.83. The molecule has 4 heteroatoms. The van der Waals surface area contributed by atoms with Crippen molar-refractivity contribution >= 4 is 0 Å². The average Bonchev–Trinajstić information content (AvgIpc) is 2.38. The Kier molecular flexibility index (Phi) is 10.5. The summed E-state index contributed by atoms with van der Waals surface area (Å²) < 4.78 is 0. The molecule has 2 unspecified atom stereocenters. The van der Waals surface area contributed by atoms with Gasteiger partial charge in [0, 0.05) is 18.6 Å². The minimum atomic E-state index is -0.478. The van der Waals surface area contributed by atoms with Gasteiger partial charge in [-0.2, -0.15) is 0 Å². The summed E-state index contributed by atoms with van der Waals surface area (Å²) >= 11 is 0. The first-order valence-corrected chi connectivity index (χ1v) is 8.10. The number of aliphatic hydroxyl groups is 2. The second-order valence-electron chi connectivity index (χ2n) is 6.40. The molecule has 122 valence electrons. The van der Waals surface area contributed by atoms with E-state index in [9.17, 15) is 10.2 Å². The highest BCUT2D eigenvalue weighted by Crippen LogP contribution is 2.16. The van der Waals surface area contributed by atoms with Crippen LogP contribution >= 0.6 is 0 Å². The molecule has 0 aromatic carbocycles. The first kappa shape index (κ1) is 19.8. The van der Waals surface area contributed by atoms with Gasteiger partial charge in [0.15, 0.2) is 0 Å². The van der Waals surface area contributed by atoms with Gasteiger partial charge in [-0.15, -0.1) is 0 Å². The quantitative estimate of drug-likeness (QED) is 0.610. The molecule has 4 nitrogen and oxygen atoms in total. The van der Waals surface area contributed by atoms with Gasteiger partial charge in [0.05, 0.1) is 18.8 Å². The zero-order valence-electron chi connectivity index (χ0n) is 14.3. The number of unbranched alkanes of at least 4 members (excludes halogenated alkanes) is 1. The number of aliphatic hydroxyl groups excluding tert-OH is 2. The lowest BCUT2D eigenvalue weighted by Crippen LogP contribution is -2.53. The lowest BCUT2D eigenvalue weighted by molar-refractivity contribution is -0.0212. The molecule has 20 heavy (non-hydrogen) atoms. The molecule has 0 aromatic heterocycles. The Labute approximate surface area is 125 Å². The summed E-state index contributed by atoms with van der Waals surface area (Å²) in [5, 5.41) is 20.1. The predicted molar refractivity (Wildman–Crippen MR) is 86.0 cm³/mol. The van der Waals surface area contributed by atoms with E-state index in [0.29, 0.717) is 18.5 Å². The number of hydrogen-bond acceptors (Lipinski definition) is 4. The van der Waals surface area contributed by atoms with Gasteiger partial charge in [0.2, 0.25) is 0 Å². The van der Waals surface area contributed by atoms with Gasteiger partial charge in [-0.25, -0.2) is 0 Å². The lowest BCUT2D eigenvalue weighted by atomic mass is 10.0. The van der Waals surface area contributed by atoms with E-state index in [4.69, 9.17) is 0 Å². The standard InChI is InChI=1S/C16H36N2O2/c1-7-8-10-17(6)11-9-16(20)15(12-19)18(13(2)3)14(4)5/h13-16,19-20H,7-12H2,1-6H3. The van der Waals surface area contributed by atoms with E-state index in [1.807, 2.05) is 0 Å². The van der Waals surface area contributed by atoms with Crippen LogP contribution in [0.3, 0.4) is 0 Å². The van der Waals surface area contributed by atoms with Gasteiger partial charge >= 0.3 is 0 Å². The summed E-state index contributed by atoms with van der Waals surface area (Å²) in [6.45, 7) is 12.6. The second-order valence-corrected chi connectivity index (χ2v) is 6.40. The molecule has 0 fully saturated rings. The first-order chi connectivity index (χ1) is 9.34. The fourth-order valence-electron chi connectivity index (χ4n) is 2.86. The van der Waals surface area contributed by atoms with E-state index < -0.39 is 6.10 Å².